The largest absolute Gasteiger partial charge is 0.348 e. The second-order valence-corrected chi connectivity index (χ2v) is 9.21. The highest BCUT2D eigenvalue weighted by Gasteiger charge is 2.31. The van der Waals surface area contributed by atoms with Crippen LogP contribution < -0.4 is 10.2 Å². The zero-order chi connectivity index (χ0) is 17.9. The SMILES string of the molecule is O=C(C[NH+]1CCN(S(=O)(=O)c2ccc(Cl)cc2)CC1)NC1CCCC1. The number of benzene rings is 1. The Morgan fingerprint density at radius 2 is 1.76 bits per heavy atom. The Hall–Kier alpha value is -1.15. The van der Waals surface area contributed by atoms with Gasteiger partial charge in [-0.05, 0) is 37.1 Å². The third-order valence-electron chi connectivity index (χ3n) is 5.01. The summed E-state index contributed by atoms with van der Waals surface area (Å²) in [4.78, 5) is 13.5. The number of carbonyl (C=O) groups is 1. The van der Waals surface area contributed by atoms with Crippen LogP contribution in [0.15, 0.2) is 29.2 Å². The molecule has 0 unspecified atom stereocenters. The van der Waals surface area contributed by atoms with E-state index >= 15 is 0 Å². The number of nitrogens with zero attached hydrogens (tertiary/aromatic N) is 1. The predicted octanol–water partition coefficient (Wildman–Crippen LogP) is 0.288. The molecule has 0 radical (unpaired) electrons. The van der Waals surface area contributed by atoms with Crippen molar-refractivity contribution in [3.8, 4) is 0 Å². The second-order valence-electron chi connectivity index (χ2n) is 6.83. The number of hydrogen-bond acceptors (Lipinski definition) is 3. The maximum Gasteiger partial charge on any atom is 0.275 e. The minimum atomic E-state index is -3.49. The Balaban J connectivity index is 1.51. The molecule has 0 spiro atoms. The lowest BCUT2D eigenvalue weighted by atomic mass is 10.2. The summed E-state index contributed by atoms with van der Waals surface area (Å²) >= 11 is 5.83. The van der Waals surface area contributed by atoms with Crippen molar-refractivity contribution in [1.82, 2.24) is 9.62 Å². The number of piperazine rings is 1. The van der Waals surface area contributed by atoms with Gasteiger partial charge in [0.1, 0.15) is 0 Å². The van der Waals surface area contributed by atoms with Crippen LogP contribution in [0.3, 0.4) is 0 Å². The molecule has 2 N–H and O–H groups in total. The monoisotopic (exact) mass is 386 g/mol. The molecule has 0 aromatic heterocycles. The van der Waals surface area contributed by atoms with E-state index in [1.54, 1.807) is 12.1 Å². The van der Waals surface area contributed by atoms with E-state index in [0.717, 1.165) is 17.7 Å². The van der Waals surface area contributed by atoms with E-state index in [1.807, 2.05) is 0 Å². The fourth-order valence-corrected chi connectivity index (χ4v) is 5.12. The molecule has 1 saturated heterocycles. The summed E-state index contributed by atoms with van der Waals surface area (Å²) in [6.45, 7) is 2.56. The molecular formula is C17H25ClN3O3S+. The van der Waals surface area contributed by atoms with Crippen LogP contribution in [0.25, 0.3) is 0 Å². The van der Waals surface area contributed by atoms with Crippen molar-refractivity contribution in [1.29, 1.82) is 0 Å². The second kappa shape index (κ2) is 8.03. The molecule has 1 saturated carbocycles. The van der Waals surface area contributed by atoms with Gasteiger partial charge < -0.3 is 10.2 Å². The number of nitrogens with one attached hydrogen (secondary N) is 2. The maximum absolute atomic E-state index is 12.7. The molecule has 1 aromatic rings. The van der Waals surface area contributed by atoms with Gasteiger partial charge in [-0.3, -0.25) is 4.79 Å². The number of amides is 1. The van der Waals surface area contributed by atoms with Crippen LogP contribution in [0.4, 0.5) is 0 Å². The van der Waals surface area contributed by atoms with Crippen LogP contribution in [0.2, 0.25) is 5.02 Å². The van der Waals surface area contributed by atoms with Crippen molar-refractivity contribution >= 4 is 27.5 Å². The smallest absolute Gasteiger partial charge is 0.275 e. The van der Waals surface area contributed by atoms with Gasteiger partial charge in [0.2, 0.25) is 10.0 Å². The van der Waals surface area contributed by atoms with E-state index in [9.17, 15) is 13.2 Å². The fraction of sp³-hybridized carbons (Fsp3) is 0.588. The highest BCUT2D eigenvalue weighted by molar-refractivity contribution is 7.89. The van der Waals surface area contributed by atoms with Crippen molar-refractivity contribution in [2.45, 2.75) is 36.6 Å². The quantitative estimate of drug-likeness (QED) is 0.764. The van der Waals surface area contributed by atoms with Gasteiger partial charge in [-0.1, -0.05) is 24.4 Å². The lowest BCUT2D eigenvalue weighted by molar-refractivity contribution is -0.895. The minimum absolute atomic E-state index is 0.0795. The maximum atomic E-state index is 12.7. The molecule has 1 aromatic carbocycles. The lowest BCUT2D eigenvalue weighted by Gasteiger charge is -2.31. The number of hydrogen-bond donors (Lipinski definition) is 2. The van der Waals surface area contributed by atoms with Crippen LogP contribution in [0.1, 0.15) is 25.7 Å². The normalized spacial score (nSPS) is 20.7. The van der Waals surface area contributed by atoms with Crippen molar-refractivity contribution in [2.24, 2.45) is 0 Å². The minimum Gasteiger partial charge on any atom is -0.348 e. The molecule has 1 aliphatic carbocycles. The topological polar surface area (TPSA) is 70.9 Å². The first-order valence-electron chi connectivity index (χ1n) is 8.84. The standard InChI is InChI=1S/C17H24ClN3O3S/c18-14-5-7-16(8-6-14)25(23,24)21-11-9-20(10-12-21)13-17(22)19-15-3-1-2-4-15/h5-8,15H,1-4,9-13H2,(H,19,22)/p+1. The lowest BCUT2D eigenvalue weighted by Crippen LogP contribution is -3.15. The molecule has 8 heteroatoms. The Kier molecular flexibility index (Phi) is 5.99. The highest BCUT2D eigenvalue weighted by Crippen LogP contribution is 2.18. The van der Waals surface area contributed by atoms with Gasteiger partial charge in [-0.25, -0.2) is 8.42 Å². The van der Waals surface area contributed by atoms with Crippen LogP contribution >= 0.6 is 11.6 Å². The van der Waals surface area contributed by atoms with Gasteiger partial charge in [0, 0.05) is 11.1 Å². The zero-order valence-electron chi connectivity index (χ0n) is 14.2. The van der Waals surface area contributed by atoms with Crippen molar-refractivity contribution in [3.63, 3.8) is 0 Å². The molecule has 138 valence electrons. The summed E-state index contributed by atoms with van der Waals surface area (Å²) in [5, 5.41) is 3.61. The first-order chi connectivity index (χ1) is 11.9. The highest BCUT2D eigenvalue weighted by atomic mass is 35.5. The Bertz CT molecular complexity index is 694. The molecule has 2 fully saturated rings. The van der Waals surface area contributed by atoms with Crippen molar-refractivity contribution < 1.29 is 18.1 Å². The molecule has 1 aliphatic heterocycles. The van der Waals surface area contributed by atoms with Crippen LogP contribution in [0, 0.1) is 0 Å². The van der Waals surface area contributed by atoms with Crippen molar-refractivity contribution in [2.75, 3.05) is 32.7 Å². The average molecular weight is 387 g/mol. The predicted molar refractivity (Wildman–Crippen MR) is 96.2 cm³/mol. The number of carbonyl (C=O) groups excluding carboxylic acids is 1. The number of sulfonamides is 1. The number of halogens is 1. The third kappa shape index (κ3) is 4.73. The number of rotatable bonds is 5. The van der Waals surface area contributed by atoms with Crippen LogP contribution in [0.5, 0.6) is 0 Å². The molecule has 25 heavy (non-hydrogen) atoms. The summed E-state index contributed by atoms with van der Waals surface area (Å²) in [5.74, 6) is 0.0795. The average Bonchev–Trinajstić information content (AvgIpc) is 3.08. The van der Waals surface area contributed by atoms with E-state index in [1.165, 1.54) is 29.3 Å². The van der Waals surface area contributed by atoms with E-state index in [2.05, 4.69) is 5.32 Å². The van der Waals surface area contributed by atoms with E-state index in [-0.39, 0.29) is 10.8 Å². The van der Waals surface area contributed by atoms with E-state index in [0.29, 0.717) is 43.8 Å². The summed E-state index contributed by atoms with van der Waals surface area (Å²) in [6.07, 6.45) is 4.54. The van der Waals surface area contributed by atoms with Gasteiger partial charge in [0.05, 0.1) is 31.1 Å². The molecule has 0 atom stereocenters. The molecule has 0 bridgehead atoms. The van der Waals surface area contributed by atoms with Gasteiger partial charge in [-0.15, -0.1) is 0 Å². The Labute approximate surface area is 154 Å². The summed E-state index contributed by atoms with van der Waals surface area (Å²) in [7, 11) is -3.49. The summed E-state index contributed by atoms with van der Waals surface area (Å²) in [5.41, 5.74) is 0. The molecule has 6 nitrogen and oxygen atoms in total. The molecular weight excluding hydrogens is 362 g/mol. The van der Waals surface area contributed by atoms with E-state index < -0.39 is 10.0 Å². The summed E-state index contributed by atoms with van der Waals surface area (Å²) < 4.78 is 26.8. The van der Waals surface area contributed by atoms with Crippen molar-refractivity contribution in [3.05, 3.63) is 29.3 Å². The van der Waals surface area contributed by atoms with Crippen LogP contribution in [-0.2, 0) is 14.8 Å². The zero-order valence-corrected chi connectivity index (χ0v) is 15.8. The van der Waals surface area contributed by atoms with Gasteiger partial charge in [0.25, 0.3) is 5.91 Å². The first-order valence-corrected chi connectivity index (χ1v) is 10.7. The van der Waals surface area contributed by atoms with Gasteiger partial charge in [-0.2, -0.15) is 4.31 Å². The van der Waals surface area contributed by atoms with Gasteiger partial charge >= 0.3 is 0 Å². The Morgan fingerprint density at radius 3 is 2.36 bits per heavy atom. The van der Waals surface area contributed by atoms with Crippen LogP contribution in [-0.4, -0.2) is 57.4 Å². The third-order valence-corrected chi connectivity index (χ3v) is 7.18. The Morgan fingerprint density at radius 1 is 1.16 bits per heavy atom. The number of quaternary nitrogens is 1. The molecule has 1 heterocycles. The molecule has 2 aliphatic rings. The fourth-order valence-electron chi connectivity index (χ4n) is 3.55. The molecule has 1 amide bonds. The first kappa shape index (κ1) is 18.6. The van der Waals surface area contributed by atoms with E-state index in [4.69, 9.17) is 11.6 Å². The molecule has 3 rings (SSSR count). The van der Waals surface area contributed by atoms with Gasteiger partial charge in [0.15, 0.2) is 6.54 Å². The summed E-state index contributed by atoms with van der Waals surface area (Å²) in [6, 6.07) is 6.57.